The summed E-state index contributed by atoms with van der Waals surface area (Å²) in [4.78, 5) is 30.5. The molecule has 1 aromatic carbocycles. The van der Waals surface area contributed by atoms with Crippen molar-refractivity contribution in [3.63, 3.8) is 0 Å². The third kappa shape index (κ3) is 3.18. The monoisotopic (exact) mass is 467 g/mol. The number of aromatic nitrogens is 1. The SMILES string of the molecule is COc1ccc2c3c(n(C)c2c1)[C@@H](CO)N(C(=O)C1CC1)CC31CN(C(=O)C2CCOCC2)C1. The molecule has 3 aliphatic heterocycles. The number of carbonyl (C=O) groups excluding carboxylic acids is 2. The molecule has 4 aliphatic rings. The molecule has 0 unspecified atom stereocenters. The Morgan fingerprint density at radius 2 is 1.79 bits per heavy atom. The zero-order valence-electron chi connectivity index (χ0n) is 20.0. The van der Waals surface area contributed by atoms with Gasteiger partial charge in [0.1, 0.15) is 5.75 Å². The van der Waals surface area contributed by atoms with E-state index in [4.69, 9.17) is 9.47 Å². The van der Waals surface area contributed by atoms with Crippen molar-refractivity contribution in [2.75, 3.05) is 46.6 Å². The lowest BCUT2D eigenvalue weighted by atomic mass is 9.68. The molecule has 1 spiro atoms. The van der Waals surface area contributed by atoms with Crippen LogP contribution in [0, 0.1) is 11.8 Å². The van der Waals surface area contributed by atoms with Crippen LogP contribution in [-0.2, 0) is 26.8 Å². The van der Waals surface area contributed by atoms with E-state index in [1.165, 1.54) is 5.56 Å². The van der Waals surface area contributed by atoms with Gasteiger partial charge in [0.15, 0.2) is 0 Å². The average molecular weight is 468 g/mol. The van der Waals surface area contributed by atoms with E-state index in [2.05, 4.69) is 10.6 Å². The quantitative estimate of drug-likeness (QED) is 0.744. The number of aliphatic hydroxyl groups is 1. The van der Waals surface area contributed by atoms with E-state index in [9.17, 15) is 14.7 Å². The van der Waals surface area contributed by atoms with Crippen LogP contribution in [0.3, 0.4) is 0 Å². The van der Waals surface area contributed by atoms with E-state index in [1.807, 2.05) is 29.0 Å². The summed E-state index contributed by atoms with van der Waals surface area (Å²) in [6, 6.07) is 5.70. The molecule has 1 saturated carbocycles. The Kier molecular flexibility index (Phi) is 5.15. The number of nitrogens with zero attached hydrogens (tertiary/aromatic N) is 3. The maximum absolute atomic E-state index is 13.3. The Bertz CT molecular complexity index is 1140. The first-order chi connectivity index (χ1) is 16.5. The van der Waals surface area contributed by atoms with Crippen LogP contribution in [0.2, 0.25) is 0 Å². The summed E-state index contributed by atoms with van der Waals surface area (Å²) in [5.41, 5.74) is 2.88. The number of aliphatic hydroxyl groups excluding tert-OH is 1. The Balaban J connectivity index is 1.43. The Hall–Kier alpha value is -2.58. The molecule has 1 aliphatic carbocycles. The largest absolute Gasteiger partial charge is 0.497 e. The average Bonchev–Trinajstić information content (AvgIpc) is 3.66. The number of benzene rings is 1. The van der Waals surface area contributed by atoms with E-state index in [-0.39, 0.29) is 41.7 Å². The molecule has 1 aromatic heterocycles. The maximum Gasteiger partial charge on any atom is 0.226 e. The van der Waals surface area contributed by atoms with Crippen molar-refractivity contribution >= 4 is 22.7 Å². The second-order valence-corrected chi connectivity index (χ2v) is 10.5. The number of aryl methyl sites for hydroxylation is 1. The first-order valence-corrected chi connectivity index (χ1v) is 12.4. The predicted octanol–water partition coefficient (Wildman–Crippen LogP) is 1.98. The number of carbonyl (C=O) groups is 2. The zero-order valence-corrected chi connectivity index (χ0v) is 20.0. The van der Waals surface area contributed by atoms with Gasteiger partial charge in [-0.15, -0.1) is 0 Å². The molecule has 3 fully saturated rings. The molecule has 2 amide bonds. The maximum atomic E-state index is 13.3. The molecule has 0 radical (unpaired) electrons. The van der Waals surface area contributed by atoms with Gasteiger partial charge in [-0.25, -0.2) is 0 Å². The molecule has 1 N–H and O–H groups in total. The summed E-state index contributed by atoms with van der Waals surface area (Å²) < 4.78 is 13.0. The lowest BCUT2D eigenvalue weighted by Crippen LogP contribution is -2.69. The summed E-state index contributed by atoms with van der Waals surface area (Å²) >= 11 is 0. The third-order valence-corrected chi connectivity index (χ3v) is 8.40. The Morgan fingerprint density at radius 1 is 1.09 bits per heavy atom. The minimum atomic E-state index is -0.377. The summed E-state index contributed by atoms with van der Waals surface area (Å²) in [6.45, 7) is 2.93. The lowest BCUT2D eigenvalue weighted by molar-refractivity contribution is -0.151. The highest BCUT2D eigenvalue weighted by Crippen LogP contribution is 2.51. The lowest BCUT2D eigenvalue weighted by Gasteiger charge is -2.57. The molecule has 2 aromatic rings. The molecule has 1 atom stereocenters. The fourth-order valence-electron chi connectivity index (χ4n) is 6.46. The van der Waals surface area contributed by atoms with E-state index in [1.54, 1.807) is 7.11 Å². The molecule has 6 rings (SSSR count). The van der Waals surface area contributed by atoms with E-state index >= 15 is 0 Å². The van der Waals surface area contributed by atoms with E-state index < -0.39 is 0 Å². The van der Waals surface area contributed by atoms with Crippen LogP contribution < -0.4 is 4.74 Å². The Morgan fingerprint density at radius 3 is 2.44 bits per heavy atom. The number of ether oxygens (including phenoxy) is 2. The number of hydrogen-bond donors (Lipinski definition) is 1. The van der Waals surface area contributed by atoms with E-state index in [0.717, 1.165) is 48.0 Å². The number of methoxy groups -OCH3 is 1. The molecule has 182 valence electrons. The topological polar surface area (TPSA) is 84.2 Å². The van der Waals surface area contributed by atoms with Gasteiger partial charge in [0, 0.05) is 68.9 Å². The van der Waals surface area contributed by atoms with Crippen molar-refractivity contribution in [2.45, 2.75) is 37.1 Å². The van der Waals surface area contributed by atoms with Crippen molar-refractivity contribution in [3.8, 4) is 5.75 Å². The van der Waals surface area contributed by atoms with Crippen LogP contribution in [0.1, 0.15) is 43.0 Å². The van der Waals surface area contributed by atoms with Crippen LogP contribution >= 0.6 is 0 Å². The molecule has 4 heterocycles. The van der Waals surface area contributed by atoms with Crippen molar-refractivity contribution in [3.05, 3.63) is 29.5 Å². The molecular formula is C26H33N3O5. The van der Waals surface area contributed by atoms with Crippen LogP contribution in [-0.4, -0.2) is 77.9 Å². The molecule has 34 heavy (non-hydrogen) atoms. The van der Waals surface area contributed by atoms with Gasteiger partial charge in [0.2, 0.25) is 11.8 Å². The molecule has 0 bridgehead atoms. The molecule has 2 saturated heterocycles. The summed E-state index contributed by atoms with van der Waals surface area (Å²) in [7, 11) is 3.66. The van der Waals surface area contributed by atoms with Gasteiger partial charge in [0.05, 0.1) is 30.7 Å². The van der Waals surface area contributed by atoms with Crippen molar-refractivity contribution in [1.82, 2.24) is 14.4 Å². The van der Waals surface area contributed by atoms with Gasteiger partial charge in [-0.3, -0.25) is 9.59 Å². The number of fused-ring (bicyclic) bond motifs is 4. The standard InChI is InChI=1S/C26H33N3O5/c1-27-20-11-18(33-2)5-6-19(20)22-23(27)21(12-30)29(25(32)16-3-4-16)15-26(22)13-28(14-26)24(31)17-7-9-34-10-8-17/h5-6,11,16-17,21,30H,3-4,7-10,12-15H2,1-2H3/t21-/m1/s1. The highest BCUT2D eigenvalue weighted by atomic mass is 16.5. The van der Waals surface area contributed by atoms with Crippen molar-refractivity contribution in [2.24, 2.45) is 18.9 Å². The van der Waals surface area contributed by atoms with Crippen molar-refractivity contribution in [1.29, 1.82) is 0 Å². The van der Waals surface area contributed by atoms with Gasteiger partial charge in [0.25, 0.3) is 0 Å². The van der Waals surface area contributed by atoms with Crippen LogP contribution in [0.25, 0.3) is 10.9 Å². The minimum absolute atomic E-state index is 0.0281. The van der Waals surface area contributed by atoms with Crippen LogP contribution in [0.15, 0.2) is 18.2 Å². The smallest absolute Gasteiger partial charge is 0.226 e. The van der Waals surface area contributed by atoms with Gasteiger partial charge < -0.3 is 28.9 Å². The van der Waals surface area contributed by atoms with Gasteiger partial charge in [-0.2, -0.15) is 0 Å². The first-order valence-electron chi connectivity index (χ1n) is 12.4. The number of amides is 2. The minimum Gasteiger partial charge on any atom is -0.497 e. The Labute approximate surface area is 199 Å². The van der Waals surface area contributed by atoms with E-state index in [0.29, 0.717) is 32.8 Å². The summed E-state index contributed by atoms with van der Waals surface area (Å²) in [5, 5.41) is 11.6. The van der Waals surface area contributed by atoms with Gasteiger partial charge in [-0.1, -0.05) is 0 Å². The second-order valence-electron chi connectivity index (χ2n) is 10.5. The highest BCUT2D eigenvalue weighted by Gasteiger charge is 2.56. The first kappa shape index (κ1) is 21.9. The van der Waals surface area contributed by atoms with Crippen molar-refractivity contribution < 1.29 is 24.2 Å². The predicted molar refractivity (Wildman–Crippen MR) is 126 cm³/mol. The van der Waals surface area contributed by atoms with Gasteiger partial charge >= 0.3 is 0 Å². The normalized spacial score (nSPS) is 24.3. The van der Waals surface area contributed by atoms with Crippen LogP contribution in [0.4, 0.5) is 0 Å². The van der Waals surface area contributed by atoms with Crippen LogP contribution in [0.5, 0.6) is 5.75 Å². The molecule has 8 nitrogen and oxygen atoms in total. The molecular weight excluding hydrogens is 434 g/mol. The molecule has 8 heteroatoms. The third-order valence-electron chi connectivity index (χ3n) is 8.40. The highest BCUT2D eigenvalue weighted by molar-refractivity contribution is 5.91. The fourth-order valence-corrected chi connectivity index (χ4v) is 6.46. The number of likely N-dealkylation sites (tertiary alicyclic amines) is 1. The van der Waals surface area contributed by atoms with Gasteiger partial charge in [-0.05, 0) is 43.4 Å². The number of rotatable bonds is 4. The zero-order chi connectivity index (χ0) is 23.6. The summed E-state index contributed by atoms with van der Waals surface area (Å²) in [5.74, 6) is 1.22. The fraction of sp³-hybridized carbons (Fsp3) is 0.615. The second kappa shape index (κ2) is 7.99. The summed E-state index contributed by atoms with van der Waals surface area (Å²) in [6.07, 6.45) is 3.41. The number of hydrogen-bond acceptors (Lipinski definition) is 5.